The molecule has 2 heterocycles. The van der Waals surface area contributed by atoms with Gasteiger partial charge in [-0.15, -0.1) is 0 Å². The number of rotatable bonds is 2. The maximum absolute atomic E-state index is 5.80. The molecule has 0 unspecified atom stereocenters. The van der Waals surface area contributed by atoms with Gasteiger partial charge >= 0.3 is 0 Å². The maximum Gasteiger partial charge on any atom is 0.254 e. The molecule has 0 N–H and O–H groups in total. The topological polar surface area (TPSA) is 73.9 Å². The van der Waals surface area contributed by atoms with Crippen molar-refractivity contribution in [3.8, 4) is 5.88 Å². The third-order valence-electron chi connectivity index (χ3n) is 1.39. The van der Waals surface area contributed by atoms with E-state index in [1.807, 2.05) is 13.8 Å². The molecule has 0 amide bonds. The second-order valence-electron chi connectivity index (χ2n) is 2.90. The summed E-state index contributed by atoms with van der Waals surface area (Å²) in [5, 5.41) is 7.18. The van der Waals surface area contributed by atoms with Crippen LogP contribution in [0.2, 0.25) is 5.15 Å². The molecule has 74 valence electrons. The quantitative estimate of drug-likeness (QED) is 0.753. The molecule has 14 heavy (non-hydrogen) atoms. The molecule has 0 fully saturated rings. The number of aromatic nitrogens is 4. The molecule has 0 aliphatic heterocycles. The molecular weight excluding hydrogens is 208 g/mol. The van der Waals surface area contributed by atoms with E-state index in [1.165, 1.54) is 0 Å². The van der Waals surface area contributed by atoms with Gasteiger partial charge in [0, 0.05) is 0 Å². The highest BCUT2D eigenvalue weighted by molar-refractivity contribution is 6.30. The Hall–Kier alpha value is -1.43. The molecule has 2 rings (SSSR count). The number of hydrogen-bond acceptors (Lipinski definition) is 6. The van der Waals surface area contributed by atoms with Crippen molar-refractivity contribution in [2.24, 2.45) is 0 Å². The van der Waals surface area contributed by atoms with Crippen LogP contribution in [0.4, 0.5) is 0 Å². The lowest BCUT2D eigenvalue weighted by atomic mass is 10.5. The minimum atomic E-state index is -0.0286. The largest absolute Gasteiger partial charge is 0.473 e. The van der Waals surface area contributed by atoms with E-state index in [0.29, 0.717) is 0 Å². The summed E-state index contributed by atoms with van der Waals surface area (Å²) in [5.41, 5.74) is 0.552. The van der Waals surface area contributed by atoms with Gasteiger partial charge in [0.25, 0.3) is 5.88 Å². The number of hydrogen-bond donors (Lipinski definition) is 0. The number of ether oxygens (including phenoxy) is 1. The molecule has 2 aromatic rings. The highest BCUT2D eigenvalue weighted by Gasteiger charge is 2.12. The first-order chi connectivity index (χ1) is 6.66. The Morgan fingerprint density at radius 2 is 1.86 bits per heavy atom. The van der Waals surface area contributed by atoms with Crippen LogP contribution in [0, 0.1) is 0 Å². The summed E-state index contributed by atoms with van der Waals surface area (Å²) < 4.78 is 9.75. The molecule has 0 bridgehead atoms. The van der Waals surface area contributed by atoms with Crippen molar-refractivity contribution in [3.05, 3.63) is 5.15 Å². The van der Waals surface area contributed by atoms with Crippen LogP contribution in [0.25, 0.3) is 11.3 Å². The first kappa shape index (κ1) is 9.14. The standard InChI is InChI=1S/C7H7ClN4O2/c1-3(2)13-7-4(8)9-5-6(10-7)12-14-11-5/h3H,1-2H3. The Morgan fingerprint density at radius 3 is 2.50 bits per heavy atom. The van der Waals surface area contributed by atoms with Gasteiger partial charge in [0.15, 0.2) is 5.15 Å². The lowest BCUT2D eigenvalue weighted by molar-refractivity contribution is 0.232. The SMILES string of the molecule is CC(C)Oc1nc2nonc2nc1Cl. The smallest absolute Gasteiger partial charge is 0.254 e. The zero-order valence-electron chi connectivity index (χ0n) is 7.56. The number of fused-ring (bicyclic) bond motifs is 1. The van der Waals surface area contributed by atoms with Gasteiger partial charge in [0.1, 0.15) is 0 Å². The van der Waals surface area contributed by atoms with E-state index in [0.717, 1.165) is 0 Å². The van der Waals surface area contributed by atoms with Gasteiger partial charge < -0.3 is 4.74 Å². The van der Waals surface area contributed by atoms with Crippen LogP contribution in [0.15, 0.2) is 4.63 Å². The van der Waals surface area contributed by atoms with Gasteiger partial charge in [-0.1, -0.05) is 11.6 Å². The second-order valence-corrected chi connectivity index (χ2v) is 3.26. The molecule has 0 saturated carbocycles. The number of halogens is 1. The zero-order chi connectivity index (χ0) is 10.1. The molecule has 0 atom stereocenters. The minimum absolute atomic E-state index is 0.0286. The summed E-state index contributed by atoms with van der Waals surface area (Å²) in [7, 11) is 0. The van der Waals surface area contributed by atoms with Crippen molar-refractivity contribution in [3.63, 3.8) is 0 Å². The van der Waals surface area contributed by atoms with E-state index in [9.17, 15) is 0 Å². The van der Waals surface area contributed by atoms with Crippen molar-refractivity contribution in [1.82, 2.24) is 20.3 Å². The van der Waals surface area contributed by atoms with Gasteiger partial charge in [0.2, 0.25) is 11.3 Å². The van der Waals surface area contributed by atoms with Gasteiger partial charge in [-0.3, -0.25) is 0 Å². The molecule has 6 nitrogen and oxygen atoms in total. The van der Waals surface area contributed by atoms with Crippen LogP contribution < -0.4 is 4.74 Å². The van der Waals surface area contributed by atoms with Crippen molar-refractivity contribution in [2.45, 2.75) is 20.0 Å². The monoisotopic (exact) mass is 214 g/mol. The Bertz CT molecular complexity index is 456. The molecule has 7 heteroatoms. The van der Waals surface area contributed by atoms with E-state index in [2.05, 4.69) is 24.9 Å². The Balaban J connectivity index is 2.48. The third kappa shape index (κ3) is 1.60. The van der Waals surface area contributed by atoms with E-state index in [1.54, 1.807) is 0 Å². The predicted octanol–water partition coefficient (Wildman–Crippen LogP) is 1.45. The van der Waals surface area contributed by atoms with Crippen LogP contribution in [0.5, 0.6) is 5.88 Å². The van der Waals surface area contributed by atoms with Crippen LogP contribution >= 0.6 is 11.6 Å². The van der Waals surface area contributed by atoms with Crippen LogP contribution in [-0.2, 0) is 0 Å². The van der Waals surface area contributed by atoms with Gasteiger partial charge in [-0.25, -0.2) is 9.61 Å². The minimum Gasteiger partial charge on any atom is -0.473 e. The summed E-state index contributed by atoms with van der Waals surface area (Å²) in [4.78, 5) is 7.89. The molecule has 0 saturated heterocycles. The summed E-state index contributed by atoms with van der Waals surface area (Å²) in [6.07, 6.45) is -0.0286. The van der Waals surface area contributed by atoms with Crippen LogP contribution in [-0.4, -0.2) is 26.4 Å². The summed E-state index contributed by atoms with van der Waals surface area (Å²) in [5.74, 6) is 0.241. The van der Waals surface area contributed by atoms with Crippen molar-refractivity contribution >= 4 is 22.9 Å². The first-order valence-corrected chi connectivity index (χ1v) is 4.37. The summed E-state index contributed by atoms with van der Waals surface area (Å²) in [6.45, 7) is 3.73. The van der Waals surface area contributed by atoms with E-state index < -0.39 is 0 Å². The van der Waals surface area contributed by atoms with Crippen molar-refractivity contribution in [2.75, 3.05) is 0 Å². The zero-order valence-corrected chi connectivity index (χ0v) is 8.32. The predicted molar refractivity (Wildman–Crippen MR) is 48.2 cm³/mol. The Morgan fingerprint density at radius 1 is 1.21 bits per heavy atom. The average Bonchev–Trinajstić information content (AvgIpc) is 2.51. The summed E-state index contributed by atoms with van der Waals surface area (Å²) in [6, 6.07) is 0. The molecule has 0 aliphatic rings. The Kier molecular flexibility index (Phi) is 2.20. The van der Waals surface area contributed by atoms with Gasteiger partial charge in [-0.05, 0) is 24.2 Å². The second kappa shape index (κ2) is 3.38. The Labute approximate surface area is 84.2 Å². The molecule has 0 aromatic carbocycles. The molecule has 2 aromatic heterocycles. The molecule has 0 radical (unpaired) electrons. The average molecular weight is 215 g/mol. The maximum atomic E-state index is 5.80. The summed E-state index contributed by atoms with van der Waals surface area (Å²) >= 11 is 5.80. The van der Waals surface area contributed by atoms with Crippen molar-refractivity contribution in [1.29, 1.82) is 0 Å². The fourth-order valence-electron chi connectivity index (χ4n) is 0.902. The molecular formula is C7H7ClN4O2. The number of nitrogens with zero attached hydrogens (tertiary/aromatic N) is 4. The van der Waals surface area contributed by atoms with Gasteiger partial charge in [0.05, 0.1) is 6.10 Å². The fourth-order valence-corrected chi connectivity index (χ4v) is 1.07. The normalized spacial score (nSPS) is 11.1. The first-order valence-electron chi connectivity index (χ1n) is 3.99. The van der Waals surface area contributed by atoms with Crippen LogP contribution in [0.1, 0.15) is 13.8 Å². The highest BCUT2D eigenvalue weighted by atomic mass is 35.5. The van der Waals surface area contributed by atoms with E-state index in [-0.39, 0.29) is 28.4 Å². The van der Waals surface area contributed by atoms with Gasteiger partial charge in [-0.2, -0.15) is 4.98 Å². The molecule has 0 aliphatic carbocycles. The van der Waals surface area contributed by atoms with E-state index >= 15 is 0 Å². The fraction of sp³-hybridized carbons (Fsp3) is 0.429. The van der Waals surface area contributed by atoms with E-state index in [4.69, 9.17) is 16.3 Å². The van der Waals surface area contributed by atoms with Crippen LogP contribution in [0.3, 0.4) is 0 Å². The lowest BCUT2D eigenvalue weighted by Crippen LogP contribution is -2.08. The highest BCUT2D eigenvalue weighted by Crippen LogP contribution is 2.22. The molecule has 0 spiro atoms. The lowest BCUT2D eigenvalue weighted by Gasteiger charge is -2.07. The van der Waals surface area contributed by atoms with Crippen molar-refractivity contribution < 1.29 is 9.37 Å². The third-order valence-corrected chi connectivity index (χ3v) is 1.64.